The van der Waals surface area contributed by atoms with Gasteiger partial charge in [0.05, 0.1) is 4.90 Å². The van der Waals surface area contributed by atoms with Crippen LogP contribution in [0.5, 0.6) is 0 Å². The van der Waals surface area contributed by atoms with Crippen LogP contribution in [0.25, 0.3) is 0 Å². The summed E-state index contributed by atoms with van der Waals surface area (Å²) in [6.45, 7) is 8.73. The minimum absolute atomic E-state index is 0.0624. The highest BCUT2D eigenvalue weighted by atomic mass is 32.2. The van der Waals surface area contributed by atoms with E-state index in [1.165, 1.54) is 0 Å². The first kappa shape index (κ1) is 17.1. The van der Waals surface area contributed by atoms with E-state index in [9.17, 15) is 8.42 Å². The molecular weight excluding hydrogens is 274 g/mol. The third-order valence-electron chi connectivity index (χ3n) is 3.91. The minimum Gasteiger partial charge on any atom is -0.396 e. The Morgan fingerprint density at radius 3 is 2.20 bits per heavy atom. The van der Waals surface area contributed by atoms with E-state index in [1.54, 1.807) is 24.3 Å². The topological polar surface area (TPSA) is 66.4 Å². The summed E-state index contributed by atoms with van der Waals surface area (Å²) in [5, 5.41) is 8.84. The molecule has 0 radical (unpaired) electrons. The molecular formula is C15H25NO3S. The maximum absolute atomic E-state index is 12.2. The van der Waals surface area contributed by atoms with Crippen molar-refractivity contribution in [2.45, 2.75) is 39.0 Å². The molecule has 1 aromatic rings. The Balaban J connectivity index is 2.79. The number of hydrogen-bond donors (Lipinski definition) is 2. The highest BCUT2D eigenvalue weighted by Gasteiger charge is 2.25. The zero-order chi connectivity index (χ0) is 15.4. The molecule has 20 heavy (non-hydrogen) atoms. The first-order valence-corrected chi connectivity index (χ1v) is 8.37. The van der Waals surface area contributed by atoms with Crippen LogP contribution >= 0.6 is 0 Å². The van der Waals surface area contributed by atoms with Crippen molar-refractivity contribution in [1.29, 1.82) is 0 Å². The SMILES string of the molecule is CC(C)C(C)(C)CNS(=O)(=O)c1ccc(CCO)cc1. The van der Waals surface area contributed by atoms with E-state index >= 15 is 0 Å². The van der Waals surface area contributed by atoms with E-state index < -0.39 is 10.0 Å². The fourth-order valence-corrected chi connectivity index (χ4v) is 2.76. The van der Waals surface area contributed by atoms with E-state index in [0.29, 0.717) is 18.9 Å². The van der Waals surface area contributed by atoms with Crippen LogP contribution in [0.3, 0.4) is 0 Å². The Labute approximate surface area is 122 Å². The lowest BCUT2D eigenvalue weighted by molar-refractivity contribution is 0.252. The molecule has 0 aliphatic rings. The highest BCUT2D eigenvalue weighted by molar-refractivity contribution is 7.89. The average molecular weight is 299 g/mol. The zero-order valence-corrected chi connectivity index (χ0v) is 13.5. The Kier molecular flexibility index (Phi) is 5.74. The predicted octanol–water partition coefficient (Wildman–Crippen LogP) is 2.18. The van der Waals surface area contributed by atoms with Gasteiger partial charge in [0.2, 0.25) is 10.0 Å². The number of hydrogen-bond acceptors (Lipinski definition) is 3. The van der Waals surface area contributed by atoms with E-state index in [1.807, 2.05) is 13.8 Å². The van der Waals surface area contributed by atoms with Crippen LogP contribution < -0.4 is 4.72 Å². The van der Waals surface area contributed by atoms with Crippen molar-refractivity contribution in [1.82, 2.24) is 4.72 Å². The summed E-state index contributed by atoms with van der Waals surface area (Å²) >= 11 is 0. The summed E-state index contributed by atoms with van der Waals surface area (Å²) in [6.07, 6.45) is 0.536. The molecule has 4 nitrogen and oxygen atoms in total. The Morgan fingerprint density at radius 2 is 1.75 bits per heavy atom. The molecule has 0 amide bonds. The number of benzene rings is 1. The summed E-state index contributed by atoms with van der Waals surface area (Å²) in [4.78, 5) is 0.263. The van der Waals surface area contributed by atoms with Crippen molar-refractivity contribution in [3.63, 3.8) is 0 Å². The van der Waals surface area contributed by atoms with Crippen LogP contribution in [-0.2, 0) is 16.4 Å². The number of nitrogens with one attached hydrogen (secondary N) is 1. The maximum Gasteiger partial charge on any atom is 0.240 e. The summed E-state index contributed by atoms with van der Waals surface area (Å²) in [5.41, 5.74) is 0.832. The van der Waals surface area contributed by atoms with Crippen molar-refractivity contribution in [3.8, 4) is 0 Å². The van der Waals surface area contributed by atoms with Crippen molar-refractivity contribution in [3.05, 3.63) is 29.8 Å². The number of aliphatic hydroxyl groups excluding tert-OH is 1. The summed E-state index contributed by atoms with van der Waals surface area (Å²) in [5.74, 6) is 0.386. The van der Waals surface area contributed by atoms with Crippen molar-refractivity contribution < 1.29 is 13.5 Å². The lowest BCUT2D eigenvalue weighted by Gasteiger charge is -2.29. The highest BCUT2D eigenvalue weighted by Crippen LogP contribution is 2.25. The molecule has 0 saturated heterocycles. The van der Waals surface area contributed by atoms with Gasteiger partial charge in [-0.05, 0) is 35.4 Å². The monoisotopic (exact) mass is 299 g/mol. The molecule has 2 N–H and O–H groups in total. The number of sulfonamides is 1. The quantitative estimate of drug-likeness (QED) is 0.811. The third kappa shape index (κ3) is 4.58. The molecule has 0 fully saturated rings. The fraction of sp³-hybridized carbons (Fsp3) is 0.600. The van der Waals surface area contributed by atoms with Gasteiger partial charge >= 0.3 is 0 Å². The minimum atomic E-state index is -3.47. The summed E-state index contributed by atoms with van der Waals surface area (Å²) in [6, 6.07) is 6.63. The second-order valence-electron chi connectivity index (χ2n) is 6.09. The van der Waals surface area contributed by atoms with Gasteiger partial charge in [0.15, 0.2) is 0 Å². The molecule has 5 heteroatoms. The second-order valence-corrected chi connectivity index (χ2v) is 7.85. The van der Waals surface area contributed by atoms with Gasteiger partial charge < -0.3 is 5.11 Å². The van der Waals surface area contributed by atoms with Crippen LogP contribution in [0.1, 0.15) is 33.3 Å². The third-order valence-corrected chi connectivity index (χ3v) is 5.33. The molecule has 0 aliphatic carbocycles. The molecule has 0 aliphatic heterocycles. The zero-order valence-electron chi connectivity index (χ0n) is 12.7. The molecule has 0 aromatic heterocycles. The normalized spacial score (nSPS) is 12.9. The number of rotatable bonds is 7. The van der Waals surface area contributed by atoms with Gasteiger partial charge in [0, 0.05) is 13.2 Å². The molecule has 114 valence electrons. The average Bonchev–Trinajstić information content (AvgIpc) is 2.38. The van der Waals surface area contributed by atoms with Gasteiger partial charge in [-0.1, -0.05) is 39.8 Å². The van der Waals surface area contributed by atoms with Crippen LogP contribution in [-0.4, -0.2) is 26.7 Å². The van der Waals surface area contributed by atoms with Gasteiger partial charge in [-0.3, -0.25) is 0 Å². The molecule has 1 aromatic carbocycles. The summed E-state index contributed by atoms with van der Waals surface area (Å²) < 4.78 is 27.1. The molecule has 0 atom stereocenters. The van der Waals surface area contributed by atoms with E-state index in [2.05, 4.69) is 18.6 Å². The molecule has 0 bridgehead atoms. The van der Waals surface area contributed by atoms with E-state index in [4.69, 9.17) is 5.11 Å². The lowest BCUT2D eigenvalue weighted by Crippen LogP contribution is -2.36. The van der Waals surface area contributed by atoms with Crippen molar-refractivity contribution in [2.75, 3.05) is 13.2 Å². The van der Waals surface area contributed by atoms with Crippen LogP contribution in [0.15, 0.2) is 29.2 Å². The second kappa shape index (κ2) is 6.70. The van der Waals surface area contributed by atoms with E-state index in [-0.39, 0.29) is 16.9 Å². The van der Waals surface area contributed by atoms with Crippen LogP contribution in [0.4, 0.5) is 0 Å². The predicted molar refractivity (Wildman–Crippen MR) is 81.0 cm³/mol. The lowest BCUT2D eigenvalue weighted by atomic mass is 9.81. The summed E-state index contributed by atoms with van der Waals surface area (Å²) in [7, 11) is -3.47. The Bertz CT molecular complexity index is 519. The van der Waals surface area contributed by atoms with E-state index in [0.717, 1.165) is 5.56 Å². The number of aliphatic hydroxyl groups is 1. The van der Waals surface area contributed by atoms with Crippen LogP contribution in [0.2, 0.25) is 0 Å². The van der Waals surface area contributed by atoms with Gasteiger partial charge in [0.25, 0.3) is 0 Å². The Morgan fingerprint density at radius 1 is 1.20 bits per heavy atom. The van der Waals surface area contributed by atoms with Gasteiger partial charge in [-0.25, -0.2) is 13.1 Å². The Hall–Kier alpha value is -0.910. The van der Waals surface area contributed by atoms with Crippen molar-refractivity contribution in [2.24, 2.45) is 11.3 Å². The molecule has 0 heterocycles. The largest absolute Gasteiger partial charge is 0.396 e. The van der Waals surface area contributed by atoms with Gasteiger partial charge in [0.1, 0.15) is 0 Å². The fourth-order valence-electron chi connectivity index (χ4n) is 1.53. The van der Waals surface area contributed by atoms with Crippen LogP contribution in [0, 0.1) is 11.3 Å². The molecule has 1 rings (SSSR count). The van der Waals surface area contributed by atoms with Gasteiger partial charge in [-0.2, -0.15) is 0 Å². The maximum atomic E-state index is 12.2. The first-order chi connectivity index (χ1) is 9.19. The van der Waals surface area contributed by atoms with Gasteiger partial charge in [-0.15, -0.1) is 0 Å². The first-order valence-electron chi connectivity index (χ1n) is 6.88. The molecule has 0 spiro atoms. The molecule has 0 saturated carbocycles. The molecule has 0 unspecified atom stereocenters. The standard InChI is InChI=1S/C15H25NO3S/c1-12(2)15(3,4)11-16-20(18,19)14-7-5-13(6-8-14)9-10-17/h5-8,12,16-17H,9-11H2,1-4H3. The van der Waals surface area contributed by atoms with Crippen molar-refractivity contribution >= 4 is 10.0 Å². The smallest absolute Gasteiger partial charge is 0.240 e.